The second-order valence-corrected chi connectivity index (χ2v) is 5.05. The summed E-state index contributed by atoms with van der Waals surface area (Å²) < 4.78 is 9.98. The van der Waals surface area contributed by atoms with Crippen LogP contribution in [0.3, 0.4) is 0 Å². The first-order valence-electron chi connectivity index (χ1n) is 6.43. The molecule has 0 atom stereocenters. The molecule has 4 nitrogen and oxygen atoms in total. The molecule has 0 radical (unpaired) electrons. The third-order valence-corrected chi connectivity index (χ3v) is 3.40. The minimum absolute atomic E-state index is 0.0692. The van der Waals surface area contributed by atoms with Crippen LogP contribution >= 0.6 is 23.2 Å². The Balaban J connectivity index is 1.80. The molecule has 0 bridgehead atoms. The molecule has 2 rings (SSSR count). The van der Waals surface area contributed by atoms with Gasteiger partial charge in [0.1, 0.15) is 13.2 Å². The quantitative estimate of drug-likeness (QED) is 0.610. The summed E-state index contributed by atoms with van der Waals surface area (Å²) in [6.07, 6.45) is 0. The Morgan fingerprint density at radius 3 is 1.45 bits per heavy atom. The van der Waals surface area contributed by atoms with Gasteiger partial charge in [0.2, 0.25) is 0 Å². The third-order valence-electron chi connectivity index (χ3n) is 2.74. The molecule has 114 valence electrons. The van der Waals surface area contributed by atoms with Crippen molar-refractivity contribution >= 4 is 35.1 Å². The van der Waals surface area contributed by atoms with Crippen molar-refractivity contribution in [3.63, 3.8) is 0 Å². The van der Waals surface area contributed by atoms with Crippen LogP contribution in [0.25, 0.3) is 0 Å². The molecule has 0 aliphatic rings. The molecule has 0 amide bonds. The van der Waals surface area contributed by atoms with Crippen molar-refractivity contribution in [3.05, 3.63) is 69.7 Å². The Bertz CT molecular complexity index is 626. The molecule has 2 aromatic carbocycles. The number of hydrogen-bond acceptors (Lipinski definition) is 4. The highest BCUT2D eigenvalue weighted by atomic mass is 35.5. The molecule has 0 N–H and O–H groups in total. The van der Waals surface area contributed by atoms with Gasteiger partial charge in [-0.3, -0.25) is 0 Å². The van der Waals surface area contributed by atoms with E-state index in [4.69, 9.17) is 32.7 Å². The number of carbonyl (C=O) groups excluding carboxylic acids is 2. The molecule has 0 heterocycles. The molecule has 0 fully saturated rings. The summed E-state index contributed by atoms with van der Waals surface area (Å²) in [4.78, 5) is 23.5. The lowest BCUT2D eigenvalue weighted by Crippen LogP contribution is -2.14. The fraction of sp³-hybridized carbons (Fsp3) is 0.125. The molecule has 0 saturated carbocycles. The first kappa shape index (κ1) is 16.3. The molecule has 6 heteroatoms. The van der Waals surface area contributed by atoms with Crippen LogP contribution in [-0.4, -0.2) is 25.2 Å². The van der Waals surface area contributed by atoms with Crippen molar-refractivity contribution in [2.75, 3.05) is 13.2 Å². The van der Waals surface area contributed by atoms with Gasteiger partial charge in [-0.1, -0.05) is 47.5 Å². The summed E-state index contributed by atoms with van der Waals surface area (Å²) in [5, 5.41) is 0.612. The summed E-state index contributed by atoms with van der Waals surface area (Å²) in [7, 11) is 0. The van der Waals surface area contributed by atoms with E-state index in [2.05, 4.69) is 0 Å². The monoisotopic (exact) mass is 338 g/mol. The van der Waals surface area contributed by atoms with E-state index in [1.165, 1.54) is 0 Å². The van der Waals surface area contributed by atoms with Gasteiger partial charge in [0, 0.05) is 0 Å². The standard InChI is InChI=1S/C16H12Cl2O4/c17-13-7-3-1-5-11(13)15(19)21-9-10-22-16(20)12-6-2-4-8-14(12)18/h1-8H,9-10H2. The summed E-state index contributed by atoms with van der Waals surface area (Å²) in [6, 6.07) is 13.1. The fourth-order valence-corrected chi connectivity index (χ4v) is 2.10. The predicted molar refractivity (Wildman–Crippen MR) is 83.5 cm³/mol. The molecular weight excluding hydrogens is 327 g/mol. The van der Waals surface area contributed by atoms with Gasteiger partial charge in [0.15, 0.2) is 0 Å². The van der Waals surface area contributed by atoms with Crippen LogP contribution in [0.5, 0.6) is 0 Å². The van der Waals surface area contributed by atoms with Gasteiger partial charge in [-0.2, -0.15) is 0 Å². The molecule has 22 heavy (non-hydrogen) atoms. The van der Waals surface area contributed by atoms with Crippen LogP contribution in [0, 0.1) is 0 Å². The Morgan fingerprint density at radius 2 is 1.09 bits per heavy atom. The first-order valence-corrected chi connectivity index (χ1v) is 7.18. The molecular formula is C16H12Cl2O4. The normalized spacial score (nSPS) is 10.1. The van der Waals surface area contributed by atoms with Crippen molar-refractivity contribution in [1.29, 1.82) is 0 Å². The second kappa shape index (κ2) is 7.82. The average molecular weight is 339 g/mol. The maximum absolute atomic E-state index is 11.8. The number of benzene rings is 2. The number of ether oxygens (including phenoxy) is 2. The smallest absolute Gasteiger partial charge is 0.339 e. The van der Waals surface area contributed by atoms with E-state index in [1.54, 1.807) is 48.5 Å². The highest BCUT2D eigenvalue weighted by Gasteiger charge is 2.13. The van der Waals surface area contributed by atoms with Gasteiger partial charge in [-0.15, -0.1) is 0 Å². The van der Waals surface area contributed by atoms with E-state index in [-0.39, 0.29) is 24.3 Å². The summed E-state index contributed by atoms with van der Waals surface area (Å²) in [5.41, 5.74) is 0.531. The summed E-state index contributed by atoms with van der Waals surface area (Å²) >= 11 is 11.8. The number of carbonyl (C=O) groups is 2. The van der Waals surface area contributed by atoms with E-state index < -0.39 is 11.9 Å². The highest BCUT2D eigenvalue weighted by Crippen LogP contribution is 2.17. The Morgan fingerprint density at radius 1 is 0.727 bits per heavy atom. The maximum atomic E-state index is 11.8. The van der Waals surface area contributed by atoms with Crippen LogP contribution in [0.1, 0.15) is 20.7 Å². The Kier molecular flexibility index (Phi) is 5.81. The Labute approximate surface area is 137 Å². The van der Waals surface area contributed by atoms with Crippen LogP contribution in [-0.2, 0) is 9.47 Å². The summed E-state index contributed by atoms with van der Waals surface area (Å²) in [5.74, 6) is -1.14. The zero-order chi connectivity index (χ0) is 15.9. The molecule has 2 aromatic rings. The molecule has 0 aliphatic carbocycles. The number of esters is 2. The first-order chi connectivity index (χ1) is 10.6. The molecule has 0 aromatic heterocycles. The molecule has 0 saturated heterocycles. The van der Waals surface area contributed by atoms with E-state index in [0.717, 1.165) is 0 Å². The van der Waals surface area contributed by atoms with Crippen molar-refractivity contribution in [1.82, 2.24) is 0 Å². The zero-order valence-corrected chi connectivity index (χ0v) is 12.9. The van der Waals surface area contributed by atoms with Crippen LogP contribution in [0.2, 0.25) is 10.0 Å². The van der Waals surface area contributed by atoms with Crippen LogP contribution < -0.4 is 0 Å². The molecule has 0 unspecified atom stereocenters. The van der Waals surface area contributed by atoms with Gasteiger partial charge < -0.3 is 9.47 Å². The van der Waals surface area contributed by atoms with Gasteiger partial charge in [-0.05, 0) is 24.3 Å². The number of rotatable bonds is 5. The third kappa shape index (κ3) is 4.23. The topological polar surface area (TPSA) is 52.6 Å². The average Bonchev–Trinajstić information content (AvgIpc) is 2.52. The predicted octanol–water partition coefficient (Wildman–Crippen LogP) is 4.01. The van der Waals surface area contributed by atoms with Crippen LogP contribution in [0.15, 0.2) is 48.5 Å². The largest absolute Gasteiger partial charge is 0.458 e. The van der Waals surface area contributed by atoms with Gasteiger partial charge in [0.05, 0.1) is 21.2 Å². The number of hydrogen-bond donors (Lipinski definition) is 0. The lowest BCUT2D eigenvalue weighted by molar-refractivity contribution is 0.0266. The minimum atomic E-state index is -0.570. The highest BCUT2D eigenvalue weighted by molar-refractivity contribution is 6.33. The lowest BCUT2D eigenvalue weighted by Gasteiger charge is -2.08. The minimum Gasteiger partial charge on any atom is -0.458 e. The van der Waals surface area contributed by atoms with E-state index >= 15 is 0 Å². The van der Waals surface area contributed by atoms with Gasteiger partial charge >= 0.3 is 11.9 Å². The van der Waals surface area contributed by atoms with Gasteiger partial charge in [-0.25, -0.2) is 9.59 Å². The van der Waals surface area contributed by atoms with Gasteiger partial charge in [0.25, 0.3) is 0 Å². The fourth-order valence-electron chi connectivity index (χ4n) is 1.68. The lowest BCUT2D eigenvalue weighted by atomic mass is 10.2. The van der Waals surface area contributed by atoms with Crippen molar-refractivity contribution < 1.29 is 19.1 Å². The molecule has 0 spiro atoms. The van der Waals surface area contributed by atoms with E-state index in [9.17, 15) is 9.59 Å². The SMILES string of the molecule is O=C(OCCOC(=O)c1ccccc1Cl)c1ccccc1Cl. The van der Waals surface area contributed by atoms with Crippen molar-refractivity contribution in [2.45, 2.75) is 0 Å². The maximum Gasteiger partial charge on any atom is 0.339 e. The number of halogens is 2. The van der Waals surface area contributed by atoms with E-state index in [0.29, 0.717) is 10.0 Å². The second-order valence-electron chi connectivity index (χ2n) is 4.23. The summed E-state index contributed by atoms with van der Waals surface area (Å²) in [6.45, 7) is -0.138. The molecule has 0 aliphatic heterocycles. The van der Waals surface area contributed by atoms with Crippen LogP contribution in [0.4, 0.5) is 0 Å². The zero-order valence-electron chi connectivity index (χ0n) is 11.4. The van der Waals surface area contributed by atoms with E-state index in [1.807, 2.05) is 0 Å². The van der Waals surface area contributed by atoms with Crippen molar-refractivity contribution in [3.8, 4) is 0 Å². The Hall–Kier alpha value is -2.04. The van der Waals surface area contributed by atoms with Crippen molar-refractivity contribution in [2.24, 2.45) is 0 Å².